The quantitative estimate of drug-likeness (QED) is 0.692. The van der Waals surface area contributed by atoms with Crippen molar-refractivity contribution in [1.82, 2.24) is 9.80 Å². The second kappa shape index (κ2) is 6.49. The van der Waals surface area contributed by atoms with E-state index in [0.717, 1.165) is 0 Å². The van der Waals surface area contributed by atoms with Gasteiger partial charge in [0.2, 0.25) is 0 Å². The van der Waals surface area contributed by atoms with Gasteiger partial charge in [-0.15, -0.1) is 0 Å². The Hall–Kier alpha value is -0.660. The van der Waals surface area contributed by atoms with Crippen molar-refractivity contribution < 1.29 is 0 Å². The first-order valence-electron chi connectivity index (χ1n) is 8.04. The molecule has 0 radical (unpaired) electrons. The summed E-state index contributed by atoms with van der Waals surface area (Å²) in [6.07, 6.45) is 11.3. The minimum absolute atomic E-state index is 0.617. The second-order valence-corrected chi connectivity index (χ2v) is 5.83. The van der Waals surface area contributed by atoms with E-state index >= 15 is 0 Å². The van der Waals surface area contributed by atoms with E-state index in [1.165, 1.54) is 64.5 Å². The summed E-state index contributed by atoms with van der Waals surface area (Å²) in [7, 11) is 0. The van der Waals surface area contributed by atoms with Crippen LogP contribution in [-0.4, -0.2) is 29.1 Å². The zero-order valence-corrected chi connectivity index (χ0v) is 12.5. The first-order chi connectivity index (χ1) is 8.79. The first-order valence-corrected chi connectivity index (χ1v) is 8.04. The third-order valence-electron chi connectivity index (χ3n) is 4.51. The molecule has 2 rings (SSSR count). The highest BCUT2D eigenvalue weighted by Gasteiger charge is 2.34. The molecule has 0 aromatic heterocycles. The third-order valence-corrected chi connectivity index (χ3v) is 4.51. The van der Waals surface area contributed by atoms with E-state index in [2.05, 4.69) is 30.6 Å². The number of rotatable bonds is 6. The van der Waals surface area contributed by atoms with Gasteiger partial charge in [-0.25, -0.2) is 0 Å². The van der Waals surface area contributed by atoms with Gasteiger partial charge >= 0.3 is 0 Å². The van der Waals surface area contributed by atoms with E-state index < -0.39 is 0 Å². The number of unbranched alkanes of at least 4 members (excludes halogenated alkanes) is 2. The molecule has 0 saturated carbocycles. The zero-order chi connectivity index (χ0) is 13.0. The molecule has 0 spiro atoms. The van der Waals surface area contributed by atoms with Gasteiger partial charge in [-0.2, -0.15) is 0 Å². The van der Waals surface area contributed by atoms with E-state index in [0.29, 0.717) is 6.17 Å². The highest BCUT2D eigenvalue weighted by atomic mass is 15.4. The summed E-state index contributed by atoms with van der Waals surface area (Å²) in [6.45, 7) is 9.53. The van der Waals surface area contributed by atoms with Gasteiger partial charge in [0, 0.05) is 24.5 Å². The van der Waals surface area contributed by atoms with Crippen LogP contribution >= 0.6 is 0 Å². The molecule has 0 fully saturated rings. The SMILES string of the molecule is CCCCN1C2=C(CCCC2)N(CCCC)C1C. The van der Waals surface area contributed by atoms with Gasteiger partial charge in [0.15, 0.2) is 0 Å². The Morgan fingerprint density at radius 1 is 0.889 bits per heavy atom. The van der Waals surface area contributed by atoms with Crippen molar-refractivity contribution in [1.29, 1.82) is 0 Å². The fourth-order valence-corrected chi connectivity index (χ4v) is 3.41. The molecule has 0 amide bonds. The van der Waals surface area contributed by atoms with Gasteiger partial charge in [-0.05, 0) is 45.4 Å². The molecular formula is C16H30N2. The average Bonchev–Trinajstić information content (AvgIpc) is 2.66. The predicted octanol–water partition coefficient (Wildman–Crippen LogP) is 4.34. The Balaban J connectivity index is 2.09. The molecule has 0 N–H and O–H groups in total. The molecule has 0 saturated heterocycles. The van der Waals surface area contributed by atoms with E-state index in [1.54, 1.807) is 11.4 Å². The molecule has 104 valence electrons. The van der Waals surface area contributed by atoms with Gasteiger partial charge in [0.1, 0.15) is 0 Å². The van der Waals surface area contributed by atoms with Crippen molar-refractivity contribution in [2.45, 2.75) is 78.3 Å². The molecule has 0 aromatic rings. The van der Waals surface area contributed by atoms with Crippen LogP contribution in [0.5, 0.6) is 0 Å². The number of hydrogen-bond donors (Lipinski definition) is 0. The van der Waals surface area contributed by atoms with Gasteiger partial charge in [-0.3, -0.25) is 0 Å². The Morgan fingerprint density at radius 2 is 1.33 bits per heavy atom. The summed E-state index contributed by atoms with van der Waals surface area (Å²) in [4.78, 5) is 5.40. The maximum Gasteiger partial charge on any atom is 0.0982 e. The third kappa shape index (κ3) is 2.67. The molecule has 2 heteroatoms. The van der Waals surface area contributed by atoms with Gasteiger partial charge in [0.05, 0.1) is 6.17 Å². The topological polar surface area (TPSA) is 6.48 Å². The van der Waals surface area contributed by atoms with Crippen molar-refractivity contribution in [2.75, 3.05) is 13.1 Å². The summed E-state index contributed by atoms with van der Waals surface area (Å²) < 4.78 is 0. The molecule has 1 aliphatic heterocycles. The van der Waals surface area contributed by atoms with Crippen LogP contribution in [0.3, 0.4) is 0 Å². The Labute approximate surface area is 113 Å². The molecule has 0 bridgehead atoms. The van der Waals surface area contributed by atoms with Crippen LogP contribution in [0.15, 0.2) is 11.4 Å². The highest BCUT2D eigenvalue weighted by Crippen LogP contribution is 2.38. The van der Waals surface area contributed by atoms with Crippen molar-refractivity contribution in [2.24, 2.45) is 0 Å². The normalized spacial score (nSPS) is 20.8. The largest absolute Gasteiger partial charge is 0.353 e. The molecular weight excluding hydrogens is 220 g/mol. The van der Waals surface area contributed by atoms with Crippen LogP contribution in [0.1, 0.15) is 72.1 Å². The van der Waals surface area contributed by atoms with E-state index in [1.807, 2.05) is 0 Å². The maximum absolute atomic E-state index is 2.70. The lowest BCUT2D eigenvalue weighted by Crippen LogP contribution is -2.38. The van der Waals surface area contributed by atoms with Crippen molar-refractivity contribution >= 4 is 0 Å². The van der Waals surface area contributed by atoms with Crippen molar-refractivity contribution in [3.05, 3.63) is 11.4 Å². The van der Waals surface area contributed by atoms with Crippen molar-refractivity contribution in [3.8, 4) is 0 Å². The van der Waals surface area contributed by atoms with Crippen LogP contribution in [-0.2, 0) is 0 Å². The van der Waals surface area contributed by atoms with Crippen LogP contribution in [0.2, 0.25) is 0 Å². The lowest BCUT2D eigenvalue weighted by molar-refractivity contribution is 0.149. The molecule has 0 aromatic carbocycles. The zero-order valence-electron chi connectivity index (χ0n) is 12.5. The second-order valence-electron chi connectivity index (χ2n) is 5.83. The van der Waals surface area contributed by atoms with Gasteiger partial charge in [0.25, 0.3) is 0 Å². The lowest BCUT2D eigenvalue weighted by atomic mass is 10.0. The molecule has 2 nitrogen and oxygen atoms in total. The summed E-state index contributed by atoms with van der Waals surface area (Å²) in [5.41, 5.74) is 3.39. The predicted molar refractivity (Wildman–Crippen MR) is 78.2 cm³/mol. The Bertz CT molecular complexity index is 267. The summed E-state index contributed by atoms with van der Waals surface area (Å²) in [6, 6.07) is 0. The van der Waals surface area contributed by atoms with Crippen LogP contribution in [0.25, 0.3) is 0 Å². The summed E-state index contributed by atoms with van der Waals surface area (Å²) >= 11 is 0. The minimum atomic E-state index is 0.617. The molecule has 0 atom stereocenters. The molecule has 18 heavy (non-hydrogen) atoms. The smallest absolute Gasteiger partial charge is 0.0982 e. The monoisotopic (exact) mass is 250 g/mol. The Kier molecular flexibility index (Phi) is 4.96. The average molecular weight is 250 g/mol. The summed E-state index contributed by atoms with van der Waals surface area (Å²) in [5.74, 6) is 0. The fraction of sp³-hybridized carbons (Fsp3) is 0.875. The fourth-order valence-electron chi connectivity index (χ4n) is 3.41. The number of nitrogens with zero attached hydrogens (tertiary/aromatic N) is 2. The highest BCUT2D eigenvalue weighted by molar-refractivity contribution is 5.22. The van der Waals surface area contributed by atoms with Crippen LogP contribution < -0.4 is 0 Å². The van der Waals surface area contributed by atoms with Gasteiger partial charge < -0.3 is 9.80 Å². The van der Waals surface area contributed by atoms with E-state index in [-0.39, 0.29) is 0 Å². The van der Waals surface area contributed by atoms with E-state index in [9.17, 15) is 0 Å². The standard InChI is InChI=1S/C16H30N2/c1-4-6-12-17-14(3)18(13-7-5-2)16-11-9-8-10-15(16)17/h14H,4-13H2,1-3H3. The van der Waals surface area contributed by atoms with Crippen LogP contribution in [0, 0.1) is 0 Å². The minimum Gasteiger partial charge on any atom is -0.353 e. The maximum atomic E-state index is 2.70. The molecule has 1 aliphatic carbocycles. The molecule has 1 heterocycles. The number of allylic oxidation sites excluding steroid dienone is 2. The van der Waals surface area contributed by atoms with E-state index in [4.69, 9.17) is 0 Å². The molecule has 0 unspecified atom stereocenters. The molecule has 2 aliphatic rings. The lowest BCUT2D eigenvalue weighted by Gasteiger charge is -2.32. The van der Waals surface area contributed by atoms with Gasteiger partial charge in [-0.1, -0.05) is 26.7 Å². The van der Waals surface area contributed by atoms with Crippen molar-refractivity contribution in [3.63, 3.8) is 0 Å². The summed E-state index contributed by atoms with van der Waals surface area (Å²) in [5, 5.41) is 0. The first kappa shape index (κ1) is 13.8. The number of hydrogen-bond acceptors (Lipinski definition) is 2. The Morgan fingerprint density at radius 3 is 1.72 bits per heavy atom. The van der Waals surface area contributed by atoms with Crippen LogP contribution in [0.4, 0.5) is 0 Å².